The highest BCUT2D eigenvalue weighted by Crippen LogP contribution is 2.29. The summed E-state index contributed by atoms with van der Waals surface area (Å²) in [4.78, 5) is 12.6. The van der Waals surface area contributed by atoms with Crippen molar-refractivity contribution in [1.82, 2.24) is 9.78 Å². The number of carbonyl (C=O) groups is 1. The molecule has 6 heteroatoms. The van der Waals surface area contributed by atoms with Crippen LogP contribution in [-0.4, -0.2) is 15.7 Å². The minimum absolute atomic E-state index is 0.179. The zero-order chi connectivity index (χ0) is 18.9. The third-order valence-electron chi connectivity index (χ3n) is 3.89. The molecule has 0 spiro atoms. The molecule has 1 heterocycles. The molecule has 2 aromatic carbocycles. The first-order chi connectivity index (χ1) is 12.3. The lowest BCUT2D eigenvalue weighted by Crippen LogP contribution is -2.15. The molecular weight excluding hydrogens is 369 g/mol. The van der Waals surface area contributed by atoms with Crippen LogP contribution in [0.4, 0.5) is 5.82 Å². The Bertz CT molecular complexity index is 958. The molecule has 0 aliphatic rings. The zero-order valence-electron chi connectivity index (χ0n) is 14.8. The van der Waals surface area contributed by atoms with Gasteiger partial charge in [0.1, 0.15) is 5.82 Å². The van der Waals surface area contributed by atoms with E-state index < -0.39 is 0 Å². The van der Waals surface area contributed by atoms with Gasteiger partial charge in [-0.05, 0) is 30.3 Å². The molecule has 0 atom stereocenters. The summed E-state index contributed by atoms with van der Waals surface area (Å²) in [5.41, 5.74) is 1.84. The molecule has 3 aromatic rings. The Hall–Kier alpha value is -2.30. The van der Waals surface area contributed by atoms with Gasteiger partial charge in [0, 0.05) is 22.1 Å². The third-order valence-corrected chi connectivity index (χ3v) is 4.44. The number of amides is 1. The lowest BCUT2D eigenvalue weighted by atomic mass is 9.92. The maximum atomic E-state index is 12.6. The number of hydrogen-bond acceptors (Lipinski definition) is 2. The van der Waals surface area contributed by atoms with Gasteiger partial charge in [0.2, 0.25) is 0 Å². The normalized spacial score (nSPS) is 11.4. The Kier molecular flexibility index (Phi) is 5.08. The van der Waals surface area contributed by atoms with E-state index in [1.165, 1.54) is 0 Å². The molecule has 0 saturated carbocycles. The molecule has 1 N–H and O–H groups in total. The van der Waals surface area contributed by atoms with Crippen molar-refractivity contribution in [3.63, 3.8) is 0 Å². The van der Waals surface area contributed by atoms with Gasteiger partial charge in [-0.15, -0.1) is 0 Å². The van der Waals surface area contributed by atoms with Gasteiger partial charge in [0.05, 0.1) is 16.4 Å². The maximum Gasteiger partial charge on any atom is 0.256 e. The number of hydrogen-bond donors (Lipinski definition) is 1. The Morgan fingerprint density at radius 2 is 1.77 bits per heavy atom. The van der Waals surface area contributed by atoms with Gasteiger partial charge in [-0.3, -0.25) is 4.79 Å². The predicted octanol–water partition coefficient (Wildman–Crippen LogP) is 5.73. The van der Waals surface area contributed by atoms with Gasteiger partial charge >= 0.3 is 0 Å². The average molecular weight is 388 g/mol. The number of nitrogens with zero attached hydrogens (tertiary/aromatic N) is 2. The van der Waals surface area contributed by atoms with Crippen LogP contribution in [0, 0.1) is 0 Å². The molecule has 1 amide bonds. The summed E-state index contributed by atoms with van der Waals surface area (Å²) >= 11 is 12.3. The summed E-state index contributed by atoms with van der Waals surface area (Å²) in [7, 11) is 0. The number of nitrogens with one attached hydrogen (secondary N) is 1. The van der Waals surface area contributed by atoms with Gasteiger partial charge in [-0.1, -0.05) is 62.2 Å². The molecule has 134 valence electrons. The molecule has 0 radical (unpaired) electrons. The van der Waals surface area contributed by atoms with E-state index in [1.54, 1.807) is 35.0 Å². The first kappa shape index (κ1) is 18.5. The van der Waals surface area contributed by atoms with E-state index in [0.29, 0.717) is 27.1 Å². The van der Waals surface area contributed by atoms with Crippen molar-refractivity contribution in [2.24, 2.45) is 0 Å². The number of carbonyl (C=O) groups excluding carboxylic acids is 1. The first-order valence-corrected chi connectivity index (χ1v) is 8.93. The molecule has 0 saturated heterocycles. The molecular formula is C20H19Cl2N3O. The van der Waals surface area contributed by atoms with Crippen LogP contribution >= 0.6 is 23.2 Å². The van der Waals surface area contributed by atoms with Crippen molar-refractivity contribution in [1.29, 1.82) is 0 Å². The number of benzene rings is 2. The van der Waals surface area contributed by atoms with Crippen molar-refractivity contribution in [3.05, 3.63) is 75.9 Å². The van der Waals surface area contributed by atoms with Gasteiger partial charge in [0.25, 0.3) is 5.91 Å². The Balaban J connectivity index is 2.04. The lowest BCUT2D eigenvalue weighted by molar-refractivity contribution is 0.102. The third kappa shape index (κ3) is 3.92. The van der Waals surface area contributed by atoms with Crippen LogP contribution in [0.25, 0.3) is 5.69 Å². The van der Waals surface area contributed by atoms with E-state index in [1.807, 2.05) is 24.3 Å². The van der Waals surface area contributed by atoms with E-state index in [2.05, 4.69) is 31.2 Å². The van der Waals surface area contributed by atoms with E-state index in [0.717, 1.165) is 5.69 Å². The summed E-state index contributed by atoms with van der Waals surface area (Å²) < 4.78 is 1.66. The molecule has 0 aliphatic carbocycles. The Labute approximate surface area is 162 Å². The fraction of sp³-hybridized carbons (Fsp3) is 0.200. The zero-order valence-corrected chi connectivity index (χ0v) is 16.3. The summed E-state index contributed by atoms with van der Waals surface area (Å²) in [5.74, 6) is 0.286. The summed E-state index contributed by atoms with van der Waals surface area (Å²) in [5, 5.41) is 8.64. The molecule has 0 unspecified atom stereocenters. The van der Waals surface area contributed by atoms with Gasteiger partial charge < -0.3 is 5.32 Å². The fourth-order valence-electron chi connectivity index (χ4n) is 2.46. The number of halogens is 2. The highest BCUT2D eigenvalue weighted by atomic mass is 35.5. The lowest BCUT2D eigenvalue weighted by Gasteiger charge is -2.14. The minimum atomic E-state index is -0.263. The van der Waals surface area contributed by atoms with E-state index in [9.17, 15) is 4.79 Å². The van der Waals surface area contributed by atoms with Gasteiger partial charge in [-0.25, -0.2) is 4.68 Å². The highest BCUT2D eigenvalue weighted by Gasteiger charge is 2.22. The van der Waals surface area contributed by atoms with Crippen LogP contribution in [0.2, 0.25) is 10.0 Å². The predicted molar refractivity (Wildman–Crippen MR) is 107 cm³/mol. The minimum Gasteiger partial charge on any atom is -0.306 e. The standard InChI is InChI=1S/C20H19Cl2N3O/c1-20(2,3)17-12-18(23-19(26)13-7-6-8-14(21)11-13)25(24-17)16-10-5-4-9-15(16)22/h4-12H,1-3H3,(H,23,26). The van der Waals surface area contributed by atoms with Crippen LogP contribution in [-0.2, 0) is 5.41 Å². The molecule has 3 rings (SSSR count). The molecule has 4 nitrogen and oxygen atoms in total. The Morgan fingerprint density at radius 1 is 1.04 bits per heavy atom. The molecule has 0 bridgehead atoms. The molecule has 1 aromatic heterocycles. The van der Waals surface area contributed by atoms with Crippen molar-refractivity contribution >= 4 is 34.9 Å². The number of para-hydroxylation sites is 1. The van der Waals surface area contributed by atoms with Gasteiger partial charge in [-0.2, -0.15) is 5.10 Å². The first-order valence-electron chi connectivity index (χ1n) is 8.18. The quantitative estimate of drug-likeness (QED) is 0.623. The number of aromatic nitrogens is 2. The summed E-state index contributed by atoms with van der Waals surface area (Å²) in [6.07, 6.45) is 0. The van der Waals surface area contributed by atoms with E-state index in [-0.39, 0.29) is 11.3 Å². The summed E-state index contributed by atoms with van der Waals surface area (Å²) in [6, 6.07) is 16.0. The van der Waals surface area contributed by atoms with Crippen molar-refractivity contribution in [3.8, 4) is 5.69 Å². The van der Waals surface area contributed by atoms with Crippen molar-refractivity contribution < 1.29 is 4.79 Å². The fourth-order valence-corrected chi connectivity index (χ4v) is 2.87. The molecule has 0 fully saturated rings. The highest BCUT2D eigenvalue weighted by molar-refractivity contribution is 6.32. The van der Waals surface area contributed by atoms with E-state index >= 15 is 0 Å². The average Bonchev–Trinajstić information content (AvgIpc) is 2.99. The van der Waals surface area contributed by atoms with Crippen molar-refractivity contribution in [2.75, 3.05) is 5.32 Å². The van der Waals surface area contributed by atoms with Crippen LogP contribution in [0.5, 0.6) is 0 Å². The smallest absolute Gasteiger partial charge is 0.256 e. The Morgan fingerprint density at radius 3 is 2.42 bits per heavy atom. The molecule has 26 heavy (non-hydrogen) atoms. The molecule has 0 aliphatic heterocycles. The largest absolute Gasteiger partial charge is 0.306 e. The monoisotopic (exact) mass is 387 g/mol. The van der Waals surface area contributed by atoms with Crippen LogP contribution in [0.1, 0.15) is 36.8 Å². The topological polar surface area (TPSA) is 46.9 Å². The summed E-state index contributed by atoms with van der Waals surface area (Å²) in [6.45, 7) is 6.19. The van der Waals surface area contributed by atoms with Gasteiger partial charge in [0.15, 0.2) is 0 Å². The van der Waals surface area contributed by atoms with Crippen molar-refractivity contribution in [2.45, 2.75) is 26.2 Å². The number of rotatable bonds is 3. The van der Waals surface area contributed by atoms with E-state index in [4.69, 9.17) is 23.2 Å². The van der Waals surface area contributed by atoms with Crippen LogP contribution in [0.15, 0.2) is 54.6 Å². The second-order valence-electron chi connectivity index (χ2n) is 6.99. The maximum absolute atomic E-state index is 12.6. The number of anilines is 1. The van der Waals surface area contributed by atoms with Crippen LogP contribution < -0.4 is 5.32 Å². The SMILES string of the molecule is CC(C)(C)c1cc(NC(=O)c2cccc(Cl)c2)n(-c2ccccc2Cl)n1. The second kappa shape index (κ2) is 7.14. The van der Waals surface area contributed by atoms with Crippen LogP contribution in [0.3, 0.4) is 0 Å². The second-order valence-corrected chi connectivity index (χ2v) is 7.84.